The van der Waals surface area contributed by atoms with E-state index < -0.39 is 30.1 Å². The first-order chi connectivity index (χ1) is 18.3. The highest BCUT2D eigenvalue weighted by atomic mass is 19.4. The predicted molar refractivity (Wildman–Crippen MR) is 131 cm³/mol. The Kier molecular flexibility index (Phi) is 6.10. The summed E-state index contributed by atoms with van der Waals surface area (Å²) in [5.41, 5.74) is 5.67. The molecule has 2 aliphatic heterocycles. The van der Waals surface area contributed by atoms with Gasteiger partial charge in [-0.25, -0.2) is 9.18 Å². The molecule has 1 fully saturated rings. The smallest absolute Gasteiger partial charge is 0.448 e. The molecule has 2 heterocycles. The Labute approximate surface area is 216 Å². The Morgan fingerprint density at radius 2 is 1.66 bits per heavy atom. The lowest BCUT2D eigenvalue weighted by Crippen LogP contribution is -2.56. The number of alkyl halides is 3. The SMILES string of the molecule is O=C(OCC1c2ccccc2-c2ccccc21)N1C2C=C(c3ccc(OC(F)(F)F)c(F)c3)CC1COC2. The number of rotatable bonds is 4. The fourth-order valence-electron chi connectivity index (χ4n) is 5.67. The first-order valence-corrected chi connectivity index (χ1v) is 12.3. The van der Waals surface area contributed by atoms with Crippen molar-refractivity contribution in [3.05, 3.63) is 95.3 Å². The lowest BCUT2D eigenvalue weighted by Gasteiger charge is -2.44. The van der Waals surface area contributed by atoms with Gasteiger partial charge in [0.15, 0.2) is 11.6 Å². The molecule has 38 heavy (non-hydrogen) atoms. The average molecular weight is 525 g/mol. The van der Waals surface area contributed by atoms with E-state index in [1.165, 1.54) is 6.07 Å². The van der Waals surface area contributed by atoms with Crippen LogP contribution < -0.4 is 4.74 Å². The van der Waals surface area contributed by atoms with E-state index in [4.69, 9.17) is 9.47 Å². The van der Waals surface area contributed by atoms with Gasteiger partial charge in [0, 0.05) is 5.92 Å². The molecule has 0 N–H and O–H groups in total. The van der Waals surface area contributed by atoms with Gasteiger partial charge in [0.1, 0.15) is 6.61 Å². The molecule has 0 radical (unpaired) electrons. The van der Waals surface area contributed by atoms with Crippen LogP contribution in [0, 0.1) is 5.82 Å². The Balaban J connectivity index is 1.19. The standard InChI is InChI=1S/C29H23F4NO4/c30-26-13-17(9-10-27(26)38-29(31,32)33)18-11-19-14-36-15-20(12-18)34(19)28(35)37-16-25-23-7-3-1-5-21(23)22-6-2-4-8-24(22)25/h1-11,13,19-20,25H,12,14-16H2. The van der Waals surface area contributed by atoms with E-state index in [9.17, 15) is 22.4 Å². The molecular weight excluding hydrogens is 502 g/mol. The van der Waals surface area contributed by atoms with Gasteiger partial charge in [-0.15, -0.1) is 13.2 Å². The Morgan fingerprint density at radius 1 is 0.974 bits per heavy atom. The van der Waals surface area contributed by atoms with Crippen LogP contribution in [0.1, 0.15) is 29.0 Å². The van der Waals surface area contributed by atoms with Crippen molar-refractivity contribution < 1.29 is 36.6 Å². The summed E-state index contributed by atoms with van der Waals surface area (Å²) < 4.78 is 67.1. The molecule has 0 aromatic heterocycles. The molecule has 2 unspecified atom stereocenters. The summed E-state index contributed by atoms with van der Waals surface area (Å²) in [6, 6.07) is 18.8. The van der Waals surface area contributed by atoms with Gasteiger partial charge in [-0.05, 0) is 51.9 Å². The second-order valence-electron chi connectivity index (χ2n) is 9.56. The molecule has 2 atom stereocenters. The first-order valence-electron chi connectivity index (χ1n) is 12.3. The van der Waals surface area contributed by atoms with E-state index in [2.05, 4.69) is 29.0 Å². The van der Waals surface area contributed by atoms with Crippen LogP contribution in [0.5, 0.6) is 5.75 Å². The second-order valence-corrected chi connectivity index (χ2v) is 9.56. The average Bonchev–Trinajstić information content (AvgIpc) is 3.20. The van der Waals surface area contributed by atoms with Gasteiger partial charge in [-0.3, -0.25) is 4.90 Å². The number of benzene rings is 3. The van der Waals surface area contributed by atoms with Gasteiger partial charge in [-0.2, -0.15) is 0 Å². The van der Waals surface area contributed by atoms with Crippen molar-refractivity contribution in [3.8, 4) is 16.9 Å². The van der Waals surface area contributed by atoms with Crippen LogP contribution in [0.3, 0.4) is 0 Å². The van der Waals surface area contributed by atoms with Gasteiger partial charge >= 0.3 is 12.5 Å². The minimum Gasteiger partial charge on any atom is -0.448 e. The Hall–Kier alpha value is -3.85. The van der Waals surface area contributed by atoms with E-state index in [-0.39, 0.29) is 31.8 Å². The number of hydrogen-bond acceptors (Lipinski definition) is 4. The predicted octanol–water partition coefficient (Wildman–Crippen LogP) is 6.53. The lowest BCUT2D eigenvalue weighted by molar-refractivity contribution is -0.275. The summed E-state index contributed by atoms with van der Waals surface area (Å²) in [7, 11) is 0. The number of amides is 1. The lowest BCUT2D eigenvalue weighted by atomic mass is 9.90. The highest BCUT2D eigenvalue weighted by Gasteiger charge is 2.40. The van der Waals surface area contributed by atoms with Crippen LogP contribution >= 0.6 is 0 Å². The van der Waals surface area contributed by atoms with Crippen molar-refractivity contribution in [3.63, 3.8) is 0 Å². The minimum absolute atomic E-state index is 0.0706. The normalized spacial score (nSPS) is 20.4. The fourth-order valence-corrected chi connectivity index (χ4v) is 5.67. The number of halogens is 4. The monoisotopic (exact) mass is 525 g/mol. The third kappa shape index (κ3) is 4.51. The van der Waals surface area contributed by atoms with Gasteiger partial charge < -0.3 is 14.2 Å². The maximum atomic E-state index is 14.3. The molecule has 196 valence electrons. The summed E-state index contributed by atoms with van der Waals surface area (Å²) >= 11 is 0. The van der Waals surface area contributed by atoms with Crippen LogP contribution in [-0.4, -0.2) is 49.3 Å². The van der Waals surface area contributed by atoms with E-state index in [0.717, 1.165) is 40.0 Å². The third-order valence-electron chi connectivity index (χ3n) is 7.27. The van der Waals surface area contributed by atoms with E-state index in [1.807, 2.05) is 24.3 Å². The first kappa shape index (κ1) is 24.5. The number of morpholine rings is 1. The van der Waals surface area contributed by atoms with Crippen molar-refractivity contribution in [2.45, 2.75) is 30.8 Å². The third-order valence-corrected chi connectivity index (χ3v) is 7.27. The highest BCUT2D eigenvalue weighted by Crippen LogP contribution is 2.45. The number of carbonyl (C=O) groups excluding carboxylic acids is 1. The number of nitrogens with zero attached hydrogens (tertiary/aromatic N) is 1. The zero-order chi connectivity index (χ0) is 26.4. The quantitative estimate of drug-likeness (QED) is 0.364. The zero-order valence-corrected chi connectivity index (χ0v) is 20.1. The van der Waals surface area contributed by atoms with Crippen molar-refractivity contribution in [2.75, 3.05) is 19.8 Å². The van der Waals surface area contributed by atoms with Crippen LogP contribution in [0.4, 0.5) is 22.4 Å². The number of fused-ring (bicyclic) bond motifs is 5. The molecule has 3 aromatic rings. The molecular formula is C29H23F4NO4. The second kappa shape index (κ2) is 9.47. The molecule has 0 saturated carbocycles. The van der Waals surface area contributed by atoms with Gasteiger partial charge in [0.2, 0.25) is 0 Å². The van der Waals surface area contributed by atoms with Crippen LogP contribution in [0.15, 0.2) is 72.8 Å². The zero-order valence-electron chi connectivity index (χ0n) is 20.1. The molecule has 2 bridgehead atoms. The minimum atomic E-state index is -4.98. The molecule has 1 aliphatic carbocycles. The van der Waals surface area contributed by atoms with E-state index in [1.54, 1.807) is 11.0 Å². The van der Waals surface area contributed by atoms with Crippen molar-refractivity contribution >= 4 is 11.7 Å². The number of ether oxygens (including phenoxy) is 3. The van der Waals surface area contributed by atoms with Crippen LogP contribution in [0.2, 0.25) is 0 Å². The van der Waals surface area contributed by atoms with Gasteiger partial charge in [0.25, 0.3) is 0 Å². The number of hydrogen-bond donors (Lipinski definition) is 0. The van der Waals surface area contributed by atoms with Crippen molar-refractivity contribution in [2.24, 2.45) is 0 Å². The summed E-state index contributed by atoms with van der Waals surface area (Å²) in [5, 5.41) is 0. The van der Waals surface area contributed by atoms with E-state index >= 15 is 0 Å². The molecule has 5 nitrogen and oxygen atoms in total. The summed E-state index contributed by atoms with van der Waals surface area (Å²) in [4.78, 5) is 15.0. The molecule has 1 saturated heterocycles. The molecule has 3 aromatic carbocycles. The van der Waals surface area contributed by atoms with Gasteiger partial charge in [0.05, 0.1) is 25.3 Å². The molecule has 9 heteroatoms. The summed E-state index contributed by atoms with van der Waals surface area (Å²) in [5.74, 6) is -2.07. The Bertz CT molecular complexity index is 1370. The molecule has 1 amide bonds. The Morgan fingerprint density at radius 3 is 2.29 bits per heavy atom. The summed E-state index contributed by atoms with van der Waals surface area (Å²) in [6.07, 6.45) is -3.30. The topological polar surface area (TPSA) is 48.0 Å². The maximum absolute atomic E-state index is 14.3. The molecule has 3 aliphatic rings. The largest absolute Gasteiger partial charge is 0.573 e. The van der Waals surface area contributed by atoms with Crippen molar-refractivity contribution in [1.29, 1.82) is 0 Å². The van der Waals surface area contributed by atoms with E-state index in [0.29, 0.717) is 12.0 Å². The number of carbonyl (C=O) groups is 1. The highest BCUT2D eigenvalue weighted by molar-refractivity contribution is 5.79. The summed E-state index contributed by atoms with van der Waals surface area (Å²) in [6.45, 7) is 0.698. The maximum Gasteiger partial charge on any atom is 0.573 e. The van der Waals surface area contributed by atoms with Crippen LogP contribution in [0.25, 0.3) is 16.7 Å². The fraction of sp³-hybridized carbons (Fsp3) is 0.276. The van der Waals surface area contributed by atoms with Gasteiger partial charge in [-0.1, -0.05) is 60.7 Å². The molecule has 6 rings (SSSR count). The van der Waals surface area contributed by atoms with Crippen LogP contribution in [-0.2, 0) is 9.47 Å². The molecule has 0 spiro atoms. The van der Waals surface area contributed by atoms with Crippen molar-refractivity contribution in [1.82, 2.24) is 4.90 Å².